The van der Waals surface area contributed by atoms with Crippen LogP contribution in [0.3, 0.4) is 0 Å². The number of fused-ring (bicyclic) bond motifs is 3. The van der Waals surface area contributed by atoms with Crippen molar-refractivity contribution in [1.82, 2.24) is 9.97 Å². The molecule has 2 aromatic rings. The predicted molar refractivity (Wildman–Crippen MR) is 64.3 cm³/mol. The van der Waals surface area contributed by atoms with E-state index < -0.39 is 0 Å². The normalized spacial score (nSPS) is 13.1. The summed E-state index contributed by atoms with van der Waals surface area (Å²) in [6.07, 6.45) is 5.07. The average molecular weight is 210 g/mol. The van der Waals surface area contributed by atoms with Crippen molar-refractivity contribution in [2.24, 2.45) is 0 Å². The first kappa shape index (κ1) is 9.52. The molecule has 1 aromatic carbocycles. The zero-order chi connectivity index (χ0) is 11.0. The summed E-state index contributed by atoms with van der Waals surface area (Å²) in [5, 5.41) is 0. The Morgan fingerprint density at radius 2 is 1.94 bits per heavy atom. The smallest absolute Gasteiger partial charge is 0.128 e. The van der Waals surface area contributed by atoms with Crippen molar-refractivity contribution in [2.45, 2.75) is 26.2 Å². The minimum atomic E-state index is 0.898. The van der Waals surface area contributed by atoms with Gasteiger partial charge in [0.15, 0.2) is 0 Å². The van der Waals surface area contributed by atoms with Gasteiger partial charge in [0.2, 0.25) is 0 Å². The quantitative estimate of drug-likeness (QED) is 0.723. The second-order valence-electron chi connectivity index (χ2n) is 4.17. The van der Waals surface area contributed by atoms with Crippen LogP contribution in [-0.2, 0) is 19.3 Å². The number of hydrogen-bond donors (Lipinski definition) is 0. The van der Waals surface area contributed by atoms with Gasteiger partial charge in [0, 0.05) is 18.2 Å². The molecular weight excluding hydrogens is 196 g/mol. The molecule has 0 atom stereocenters. The molecule has 80 valence electrons. The van der Waals surface area contributed by atoms with Gasteiger partial charge in [-0.3, -0.25) is 0 Å². The first-order valence-electron chi connectivity index (χ1n) is 5.81. The van der Waals surface area contributed by atoms with Crippen LogP contribution in [0.1, 0.15) is 23.9 Å². The van der Waals surface area contributed by atoms with E-state index in [1.54, 1.807) is 0 Å². The van der Waals surface area contributed by atoms with Crippen LogP contribution in [-0.4, -0.2) is 9.97 Å². The maximum absolute atomic E-state index is 4.66. The van der Waals surface area contributed by atoms with Gasteiger partial charge in [0.25, 0.3) is 0 Å². The van der Waals surface area contributed by atoms with Gasteiger partial charge in [0.05, 0.1) is 5.69 Å². The van der Waals surface area contributed by atoms with Crippen LogP contribution < -0.4 is 0 Å². The Hall–Kier alpha value is -1.70. The molecule has 0 unspecified atom stereocenters. The van der Waals surface area contributed by atoms with Crippen LogP contribution in [0, 0.1) is 0 Å². The van der Waals surface area contributed by atoms with Crippen molar-refractivity contribution >= 4 is 0 Å². The van der Waals surface area contributed by atoms with E-state index >= 15 is 0 Å². The van der Waals surface area contributed by atoms with Crippen LogP contribution in [0.4, 0.5) is 0 Å². The summed E-state index contributed by atoms with van der Waals surface area (Å²) >= 11 is 0. The molecule has 16 heavy (non-hydrogen) atoms. The van der Waals surface area contributed by atoms with Gasteiger partial charge in [-0.15, -0.1) is 0 Å². The SMILES string of the molecule is CCc1ncc2c(n1)-c1ccccc1CC2. The Labute approximate surface area is 95.4 Å². The van der Waals surface area contributed by atoms with Gasteiger partial charge in [0.1, 0.15) is 5.82 Å². The zero-order valence-corrected chi connectivity index (χ0v) is 9.40. The van der Waals surface area contributed by atoms with Gasteiger partial charge in [-0.2, -0.15) is 0 Å². The van der Waals surface area contributed by atoms with E-state index in [0.29, 0.717) is 0 Å². The maximum atomic E-state index is 4.66. The van der Waals surface area contributed by atoms with E-state index in [9.17, 15) is 0 Å². The molecule has 0 N–H and O–H groups in total. The summed E-state index contributed by atoms with van der Waals surface area (Å²) in [4.78, 5) is 9.03. The molecule has 1 aliphatic carbocycles. The summed E-state index contributed by atoms with van der Waals surface area (Å²) in [6, 6.07) is 8.55. The fourth-order valence-electron chi connectivity index (χ4n) is 2.27. The molecule has 3 rings (SSSR count). The van der Waals surface area contributed by atoms with Crippen molar-refractivity contribution in [2.75, 3.05) is 0 Å². The monoisotopic (exact) mass is 210 g/mol. The number of aryl methyl sites for hydroxylation is 3. The van der Waals surface area contributed by atoms with Crippen molar-refractivity contribution in [1.29, 1.82) is 0 Å². The third-order valence-electron chi connectivity index (χ3n) is 3.17. The van der Waals surface area contributed by atoms with Gasteiger partial charge >= 0.3 is 0 Å². The maximum Gasteiger partial charge on any atom is 0.128 e. The van der Waals surface area contributed by atoms with Crippen molar-refractivity contribution in [3.63, 3.8) is 0 Å². The predicted octanol–water partition coefficient (Wildman–Crippen LogP) is 2.80. The van der Waals surface area contributed by atoms with E-state index in [-0.39, 0.29) is 0 Å². The minimum absolute atomic E-state index is 0.898. The van der Waals surface area contributed by atoms with Crippen molar-refractivity contribution < 1.29 is 0 Å². The third kappa shape index (κ3) is 1.42. The molecule has 1 aromatic heterocycles. The fraction of sp³-hybridized carbons (Fsp3) is 0.286. The molecule has 0 radical (unpaired) electrons. The lowest BCUT2D eigenvalue weighted by Crippen LogP contribution is -2.08. The lowest BCUT2D eigenvalue weighted by molar-refractivity contribution is 0.869. The Balaban J connectivity index is 2.22. The lowest BCUT2D eigenvalue weighted by atomic mass is 9.90. The van der Waals surface area contributed by atoms with Crippen LogP contribution in [0.2, 0.25) is 0 Å². The molecule has 1 heterocycles. The molecule has 0 fully saturated rings. The highest BCUT2D eigenvalue weighted by Gasteiger charge is 2.17. The highest BCUT2D eigenvalue weighted by molar-refractivity contribution is 5.69. The average Bonchev–Trinajstić information content (AvgIpc) is 2.38. The number of hydrogen-bond acceptors (Lipinski definition) is 2. The Morgan fingerprint density at radius 3 is 2.81 bits per heavy atom. The first-order valence-corrected chi connectivity index (χ1v) is 5.81. The zero-order valence-electron chi connectivity index (χ0n) is 9.40. The molecule has 0 saturated carbocycles. The van der Waals surface area contributed by atoms with E-state index in [1.165, 1.54) is 16.7 Å². The van der Waals surface area contributed by atoms with Crippen LogP contribution in [0.5, 0.6) is 0 Å². The summed E-state index contributed by atoms with van der Waals surface area (Å²) in [5.74, 6) is 0.940. The molecule has 2 heteroatoms. The van der Waals surface area contributed by atoms with E-state index in [2.05, 4.69) is 41.2 Å². The summed E-state index contributed by atoms with van der Waals surface area (Å²) in [5.41, 5.74) is 5.14. The number of nitrogens with zero attached hydrogens (tertiary/aromatic N) is 2. The fourth-order valence-corrected chi connectivity index (χ4v) is 2.27. The molecule has 0 spiro atoms. The summed E-state index contributed by atoms with van der Waals surface area (Å²) < 4.78 is 0. The molecule has 0 amide bonds. The summed E-state index contributed by atoms with van der Waals surface area (Å²) in [6.45, 7) is 2.09. The van der Waals surface area contributed by atoms with Crippen LogP contribution in [0.15, 0.2) is 30.5 Å². The Morgan fingerprint density at radius 1 is 1.12 bits per heavy atom. The van der Waals surface area contributed by atoms with Gasteiger partial charge in [-0.05, 0) is 24.0 Å². The van der Waals surface area contributed by atoms with Crippen LogP contribution >= 0.6 is 0 Å². The molecular formula is C14H14N2. The first-order chi connectivity index (χ1) is 7.88. The van der Waals surface area contributed by atoms with E-state index in [4.69, 9.17) is 0 Å². The Bertz CT molecular complexity index is 532. The highest BCUT2D eigenvalue weighted by Crippen LogP contribution is 2.31. The van der Waals surface area contributed by atoms with E-state index in [0.717, 1.165) is 30.8 Å². The van der Waals surface area contributed by atoms with Crippen LogP contribution in [0.25, 0.3) is 11.3 Å². The second-order valence-corrected chi connectivity index (χ2v) is 4.17. The minimum Gasteiger partial charge on any atom is -0.241 e. The number of rotatable bonds is 1. The largest absolute Gasteiger partial charge is 0.241 e. The van der Waals surface area contributed by atoms with Crippen molar-refractivity contribution in [3.05, 3.63) is 47.4 Å². The molecule has 0 saturated heterocycles. The van der Waals surface area contributed by atoms with Gasteiger partial charge in [-0.25, -0.2) is 9.97 Å². The van der Waals surface area contributed by atoms with Gasteiger partial charge in [-0.1, -0.05) is 31.2 Å². The van der Waals surface area contributed by atoms with Crippen molar-refractivity contribution in [3.8, 4) is 11.3 Å². The topological polar surface area (TPSA) is 25.8 Å². The molecule has 0 aliphatic heterocycles. The third-order valence-corrected chi connectivity index (χ3v) is 3.17. The lowest BCUT2D eigenvalue weighted by Gasteiger charge is -2.18. The molecule has 0 bridgehead atoms. The number of benzene rings is 1. The Kier molecular flexibility index (Phi) is 2.21. The second kappa shape index (κ2) is 3.71. The van der Waals surface area contributed by atoms with Gasteiger partial charge < -0.3 is 0 Å². The summed E-state index contributed by atoms with van der Waals surface area (Å²) in [7, 11) is 0. The number of aromatic nitrogens is 2. The standard InChI is InChI=1S/C14H14N2/c1-2-13-15-9-11-8-7-10-5-3-4-6-12(10)14(11)16-13/h3-6,9H,2,7-8H2,1H3. The molecule has 2 nitrogen and oxygen atoms in total. The van der Waals surface area contributed by atoms with E-state index in [1.807, 2.05) is 6.20 Å². The highest BCUT2D eigenvalue weighted by atomic mass is 14.9. The molecule has 1 aliphatic rings.